The molecule has 122 valence electrons. The molecule has 0 spiro atoms. The number of anilines is 2. The Morgan fingerprint density at radius 1 is 1.27 bits per heavy atom. The fraction of sp³-hybridized carbons (Fsp3) is 0.529. The molecular formula is C17H26N2O2S. The van der Waals surface area contributed by atoms with Gasteiger partial charge in [-0.3, -0.25) is 4.90 Å². The molecule has 1 aromatic carbocycles. The van der Waals surface area contributed by atoms with E-state index in [0.29, 0.717) is 6.61 Å². The molecule has 0 unspecified atom stereocenters. The highest BCUT2D eigenvalue weighted by atomic mass is 32.1. The van der Waals surface area contributed by atoms with E-state index in [1.165, 1.54) is 4.90 Å². The van der Waals surface area contributed by atoms with Gasteiger partial charge in [-0.05, 0) is 37.5 Å². The molecule has 0 heterocycles. The first-order valence-electron chi connectivity index (χ1n) is 7.88. The number of amides is 1. The van der Waals surface area contributed by atoms with Crippen LogP contribution in [-0.4, -0.2) is 24.7 Å². The van der Waals surface area contributed by atoms with Gasteiger partial charge in [0.15, 0.2) is 0 Å². The molecule has 0 aliphatic rings. The Labute approximate surface area is 138 Å². The second kappa shape index (κ2) is 10.2. The second-order valence-electron chi connectivity index (χ2n) is 5.23. The minimum atomic E-state index is -0.329. The van der Waals surface area contributed by atoms with Crippen molar-refractivity contribution in [2.75, 3.05) is 23.9 Å². The Morgan fingerprint density at radius 2 is 2.05 bits per heavy atom. The maximum Gasteiger partial charge on any atom is 0.414 e. The SMILES string of the molecule is CCCCCOC(=O)N(C)c1cccc(NC(=S)CCC)c1. The first kappa shape index (κ1) is 18.4. The van der Waals surface area contributed by atoms with Gasteiger partial charge < -0.3 is 10.1 Å². The number of nitrogens with zero attached hydrogens (tertiary/aromatic N) is 1. The van der Waals surface area contributed by atoms with Crippen molar-refractivity contribution < 1.29 is 9.53 Å². The van der Waals surface area contributed by atoms with Crippen molar-refractivity contribution in [3.8, 4) is 0 Å². The number of carbonyl (C=O) groups is 1. The topological polar surface area (TPSA) is 41.6 Å². The number of ether oxygens (including phenoxy) is 1. The zero-order chi connectivity index (χ0) is 16.4. The molecule has 0 atom stereocenters. The second-order valence-corrected chi connectivity index (χ2v) is 5.72. The van der Waals surface area contributed by atoms with E-state index in [9.17, 15) is 4.79 Å². The van der Waals surface area contributed by atoms with E-state index in [4.69, 9.17) is 17.0 Å². The average Bonchev–Trinajstić information content (AvgIpc) is 2.51. The van der Waals surface area contributed by atoms with E-state index in [1.807, 2.05) is 24.3 Å². The van der Waals surface area contributed by atoms with Crippen molar-refractivity contribution in [2.45, 2.75) is 46.0 Å². The summed E-state index contributed by atoms with van der Waals surface area (Å²) in [6.45, 7) is 4.68. The van der Waals surface area contributed by atoms with Gasteiger partial charge >= 0.3 is 6.09 Å². The molecule has 0 saturated heterocycles. The van der Waals surface area contributed by atoms with E-state index in [2.05, 4.69) is 19.2 Å². The Hall–Kier alpha value is -1.62. The normalized spacial score (nSPS) is 10.1. The largest absolute Gasteiger partial charge is 0.449 e. The van der Waals surface area contributed by atoms with Crippen molar-refractivity contribution in [1.29, 1.82) is 0 Å². The predicted molar refractivity (Wildman–Crippen MR) is 96.8 cm³/mol. The van der Waals surface area contributed by atoms with Crippen molar-refractivity contribution >= 4 is 34.7 Å². The lowest BCUT2D eigenvalue weighted by molar-refractivity contribution is 0.153. The minimum absolute atomic E-state index is 0.329. The molecule has 0 fully saturated rings. The summed E-state index contributed by atoms with van der Waals surface area (Å²) >= 11 is 5.26. The third-order valence-electron chi connectivity index (χ3n) is 3.24. The fourth-order valence-electron chi connectivity index (χ4n) is 1.96. The lowest BCUT2D eigenvalue weighted by atomic mass is 10.2. The molecule has 0 bridgehead atoms. The Bertz CT molecular complexity index is 491. The minimum Gasteiger partial charge on any atom is -0.449 e. The summed E-state index contributed by atoms with van der Waals surface area (Å²) in [6, 6.07) is 7.61. The van der Waals surface area contributed by atoms with E-state index in [-0.39, 0.29) is 6.09 Å². The molecule has 0 aliphatic heterocycles. The number of hydrogen-bond acceptors (Lipinski definition) is 3. The Kier molecular flexibility index (Phi) is 8.51. The van der Waals surface area contributed by atoms with Crippen LogP contribution in [0.3, 0.4) is 0 Å². The molecule has 0 saturated carbocycles. The van der Waals surface area contributed by atoms with Crippen LogP contribution in [0.2, 0.25) is 0 Å². The van der Waals surface area contributed by atoms with Crippen LogP contribution in [0.25, 0.3) is 0 Å². The molecule has 1 aromatic rings. The molecule has 22 heavy (non-hydrogen) atoms. The number of carbonyl (C=O) groups excluding carboxylic acids is 1. The van der Waals surface area contributed by atoms with Gasteiger partial charge in [0.25, 0.3) is 0 Å². The molecule has 1 amide bonds. The summed E-state index contributed by atoms with van der Waals surface area (Å²) in [5.41, 5.74) is 1.67. The van der Waals surface area contributed by atoms with Gasteiger partial charge in [-0.15, -0.1) is 0 Å². The first-order chi connectivity index (χ1) is 10.6. The number of nitrogens with one attached hydrogen (secondary N) is 1. The van der Waals surface area contributed by atoms with Gasteiger partial charge in [0, 0.05) is 18.4 Å². The van der Waals surface area contributed by atoms with Crippen LogP contribution in [-0.2, 0) is 4.74 Å². The highest BCUT2D eigenvalue weighted by Crippen LogP contribution is 2.19. The first-order valence-corrected chi connectivity index (χ1v) is 8.29. The molecule has 1 rings (SSSR count). The van der Waals surface area contributed by atoms with Crippen LogP contribution in [0.5, 0.6) is 0 Å². The monoisotopic (exact) mass is 322 g/mol. The maximum atomic E-state index is 12.0. The molecule has 1 N–H and O–H groups in total. The number of rotatable bonds is 8. The van der Waals surface area contributed by atoms with Gasteiger partial charge in [-0.2, -0.15) is 0 Å². The summed E-state index contributed by atoms with van der Waals surface area (Å²) in [4.78, 5) is 14.3. The van der Waals surface area contributed by atoms with E-state index >= 15 is 0 Å². The molecular weight excluding hydrogens is 296 g/mol. The van der Waals surface area contributed by atoms with Crippen molar-refractivity contribution in [3.63, 3.8) is 0 Å². The summed E-state index contributed by atoms with van der Waals surface area (Å²) in [6.07, 6.45) is 4.63. The number of benzene rings is 1. The zero-order valence-corrected chi connectivity index (χ0v) is 14.5. The lowest BCUT2D eigenvalue weighted by Crippen LogP contribution is -2.27. The Balaban J connectivity index is 2.59. The van der Waals surface area contributed by atoms with Gasteiger partial charge in [-0.25, -0.2) is 4.79 Å². The van der Waals surface area contributed by atoms with E-state index in [0.717, 1.165) is 48.5 Å². The van der Waals surface area contributed by atoms with Gasteiger partial charge in [-0.1, -0.05) is 45.0 Å². The standard InChI is InChI=1S/C17H26N2O2S/c1-4-6-7-12-21-17(20)19(3)15-11-8-10-14(13-15)18-16(22)9-5-2/h8,10-11,13H,4-7,9,12H2,1-3H3,(H,18,22). The van der Waals surface area contributed by atoms with Gasteiger partial charge in [0.1, 0.15) is 0 Å². The summed E-state index contributed by atoms with van der Waals surface area (Å²) < 4.78 is 5.26. The third kappa shape index (κ3) is 6.43. The van der Waals surface area contributed by atoms with Crippen LogP contribution in [0.1, 0.15) is 46.0 Å². The number of unbranched alkanes of at least 4 members (excludes halogenated alkanes) is 2. The lowest BCUT2D eigenvalue weighted by Gasteiger charge is -2.18. The van der Waals surface area contributed by atoms with Gasteiger partial charge in [0.2, 0.25) is 0 Å². The average molecular weight is 322 g/mol. The van der Waals surface area contributed by atoms with Crippen molar-refractivity contribution in [1.82, 2.24) is 0 Å². The molecule has 4 nitrogen and oxygen atoms in total. The quantitative estimate of drug-likeness (QED) is 0.541. The summed E-state index contributed by atoms with van der Waals surface area (Å²) in [5, 5.41) is 3.19. The number of thiocarbonyl (C=S) groups is 1. The van der Waals surface area contributed by atoms with Crippen LogP contribution in [0.15, 0.2) is 24.3 Å². The van der Waals surface area contributed by atoms with Crippen LogP contribution < -0.4 is 10.2 Å². The van der Waals surface area contributed by atoms with E-state index < -0.39 is 0 Å². The molecule has 5 heteroatoms. The fourth-order valence-corrected chi connectivity index (χ4v) is 2.28. The molecule has 0 aromatic heterocycles. The van der Waals surface area contributed by atoms with Crippen molar-refractivity contribution in [2.24, 2.45) is 0 Å². The zero-order valence-electron chi connectivity index (χ0n) is 13.7. The molecule has 0 radical (unpaired) electrons. The third-order valence-corrected chi connectivity index (χ3v) is 3.55. The summed E-state index contributed by atoms with van der Waals surface area (Å²) in [5.74, 6) is 0. The highest BCUT2D eigenvalue weighted by molar-refractivity contribution is 7.80. The highest BCUT2D eigenvalue weighted by Gasteiger charge is 2.12. The Morgan fingerprint density at radius 3 is 2.73 bits per heavy atom. The van der Waals surface area contributed by atoms with Gasteiger partial charge in [0.05, 0.1) is 11.6 Å². The smallest absolute Gasteiger partial charge is 0.414 e. The summed E-state index contributed by atoms with van der Waals surface area (Å²) in [7, 11) is 1.71. The van der Waals surface area contributed by atoms with Crippen LogP contribution in [0.4, 0.5) is 16.2 Å². The van der Waals surface area contributed by atoms with Crippen LogP contribution >= 0.6 is 12.2 Å². The maximum absolute atomic E-state index is 12.0. The predicted octanol–water partition coefficient (Wildman–Crippen LogP) is 4.99. The van der Waals surface area contributed by atoms with Crippen molar-refractivity contribution in [3.05, 3.63) is 24.3 Å². The number of hydrogen-bond donors (Lipinski definition) is 1. The molecule has 0 aliphatic carbocycles. The van der Waals surface area contributed by atoms with E-state index in [1.54, 1.807) is 7.05 Å². The van der Waals surface area contributed by atoms with Crippen LogP contribution in [0, 0.1) is 0 Å².